The Morgan fingerprint density at radius 2 is 2.21 bits per heavy atom. The molecule has 1 unspecified atom stereocenters. The van der Waals surface area contributed by atoms with Gasteiger partial charge in [-0.15, -0.1) is 0 Å². The second-order valence-corrected chi connectivity index (χ2v) is 7.99. The summed E-state index contributed by atoms with van der Waals surface area (Å²) in [7, 11) is 0. The summed E-state index contributed by atoms with van der Waals surface area (Å²) in [5.41, 5.74) is 8.15. The van der Waals surface area contributed by atoms with E-state index in [-0.39, 0.29) is 18.0 Å². The number of H-pyrrole nitrogens is 1. The van der Waals surface area contributed by atoms with Gasteiger partial charge in [-0.3, -0.25) is 9.89 Å². The lowest BCUT2D eigenvalue weighted by molar-refractivity contribution is -0.119. The predicted molar refractivity (Wildman–Crippen MR) is 109 cm³/mol. The Labute approximate surface area is 169 Å². The molecule has 1 aromatic heterocycles. The van der Waals surface area contributed by atoms with Gasteiger partial charge in [-0.05, 0) is 37.3 Å². The average Bonchev–Trinajstić information content (AvgIpc) is 3.04. The second-order valence-electron chi connectivity index (χ2n) is 7.58. The zero-order chi connectivity index (χ0) is 20.3. The van der Waals surface area contributed by atoms with Crippen molar-refractivity contribution < 1.29 is 9.18 Å². The summed E-state index contributed by atoms with van der Waals surface area (Å²) < 4.78 is 14.7. The Bertz CT molecular complexity index is 860. The fraction of sp³-hybridized carbons (Fsp3) is 0.429. The average molecular weight is 405 g/mol. The molecule has 1 saturated carbocycles. The van der Waals surface area contributed by atoms with Crippen molar-refractivity contribution in [2.24, 2.45) is 11.7 Å². The number of halogens is 2. The maximum Gasteiger partial charge on any atom is 0.153 e. The van der Waals surface area contributed by atoms with Gasteiger partial charge in [-0.1, -0.05) is 36.7 Å². The van der Waals surface area contributed by atoms with Gasteiger partial charge in [0.05, 0.1) is 11.7 Å². The van der Waals surface area contributed by atoms with Crippen LogP contribution in [0.15, 0.2) is 30.8 Å². The van der Waals surface area contributed by atoms with Crippen LogP contribution in [0.4, 0.5) is 4.39 Å². The molecule has 5 nitrogen and oxygen atoms in total. The Balaban J connectivity index is 1.76. The van der Waals surface area contributed by atoms with E-state index in [0.717, 1.165) is 6.54 Å². The minimum Gasteiger partial charge on any atom is -0.365 e. The molecule has 0 spiro atoms. The number of carbonyl (C=O) groups is 1. The highest BCUT2D eigenvalue weighted by Crippen LogP contribution is 2.31. The van der Waals surface area contributed by atoms with Gasteiger partial charge in [0.2, 0.25) is 0 Å². The number of nitrogens with zero attached hydrogens (tertiary/aromatic N) is 2. The molecule has 3 N–H and O–H groups in total. The van der Waals surface area contributed by atoms with E-state index in [1.165, 1.54) is 25.3 Å². The van der Waals surface area contributed by atoms with Gasteiger partial charge in [0.15, 0.2) is 5.78 Å². The van der Waals surface area contributed by atoms with E-state index >= 15 is 0 Å². The van der Waals surface area contributed by atoms with Crippen molar-refractivity contribution in [1.29, 1.82) is 0 Å². The normalized spacial score (nSPS) is 15.1. The number of aromatic amines is 1. The van der Waals surface area contributed by atoms with Gasteiger partial charge >= 0.3 is 0 Å². The molecule has 0 bridgehead atoms. The number of hydrogen-bond acceptors (Lipinski definition) is 4. The quantitative estimate of drug-likeness (QED) is 0.663. The number of hydrogen-bond donors (Lipinski definition) is 2. The van der Waals surface area contributed by atoms with Crippen LogP contribution in [0.1, 0.15) is 43.0 Å². The molecule has 28 heavy (non-hydrogen) atoms. The molecule has 1 aromatic carbocycles. The van der Waals surface area contributed by atoms with E-state index in [2.05, 4.69) is 21.7 Å². The summed E-state index contributed by atoms with van der Waals surface area (Å²) in [5.74, 6) is 0.140. The summed E-state index contributed by atoms with van der Waals surface area (Å²) in [4.78, 5) is 13.9. The van der Waals surface area contributed by atoms with Gasteiger partial charge in [-0.2, -0.15) is 5.10 Å². The number of nitrogens with two attached hydrogens (primary N) is 1. The smallest absolute Gasteiger partial charge is 0.153 e. The highest BCUT2D eigenvalue weighted by molar-refractivity contribution is 6.29. The van der Waals surface area contributed by atoms with E-state index in [0.29, 0.717) is 40.1 Å². The highest BCUT2D eigenvalue weighted by atomic mass is 35.5. The molecule has 7 heteroatoms. The van der Waals surface area contributed by atoms with E-state index in [1.807, 2.05) is 0 Å². The number of Topliss-reactive ketones (excluding diaryl/α,β-unsaturated/α-hetero) is 1. The van der Waals surface area contributed by atoms with Crippen LogP contribution in [0, 0.1) is 11.7 Å². The third-order valence-electron chi connectivity index (χ3n) is 5.29. The van der Waals surface area contributed by atoms with Crippen molar-refractivity contribution in [3.05, 3.63) is 58.6 Å². The van der Waals surface area contributed by atoms with Crippen molar-refractivity contribution in [2.75, 3.05) is 6.54 Å². The number of benzene rings is 1. The van der Waals surface area contributed by atoms with Crippen LogP contribution >= 0.6 is 11.6 Å². The number of carbonyl (C=O) groups excluding carboxylic acids is 1. The molecule has 2 aromatic rings. The van der Waals surface area contributed by atoms with Crippen molar-refractivity contribution in [1.82, 2.24) is 15.1 Å². The Hall–Kier alpha value is -2.18. The SMILES string of the molecule is C=C(c1cc(Cl)[nH]n1)N(Cc1ccc(CC(=O)C(C)N)cc1F)CC1CCC1. The fourth-order valence-corrected chi connectivity index (χ4v) is 3.41. The van der Waals surface area contributed by atoms with Crippen LogP contribution in [0.2, 0.25) is 5.15 Å². The van der Waals surface area contributed by atoms with Gasteiger partial charge in [0.25, 0.3) is 0 Å². The zero-order valence-electron chi connectivity index (χ0n) is 16.0. The number of aromatic nitrogens is 2. The molecular weight excluding hydrogens is 379 g/mol. The van der Waals surface area contributed by atoms with Crippen molar-refractivity contribution >= 4 is 23.1 Å². The first-order chi connectivity index (χ1) is 13.3. The molecule has 0 amide bonds. The first-order valence-corrected chi connectivity index (χ1v) is 9.92. The molecule has 0 saturated heterocycles. The summed E-state index contributed by atoms with van der Waals surface area (Å²) in [6.45, 7) is 6.97. The maximum absolute atomic E-state index is 14.7. The van der Waals surface area contributed by atoms with E-state index < -0.39 is 6.04 Å². The van der Waals surface area contributed by atoms with Crippen molar-refractivity contribution in [2.45, 2.75) is 45.2 Å². The number of ketones is 1. The molecule has 1 atom stereocenters. The summed E-state index contributed by atoms with van der Waals surface area (Å²) in [6, 6.07) is 6.11. The topological polar surface area (TPSA) is 75.0 Å². The number of rotatable bonds is 9. The van der Waals surface area contributed by atoms with Crippen LogP contribution in [0.5, 0.6) is 0 Å². The van der Waals surface area contributed by atoms with Crippen LogP contribution < -0.4 is 5.73 Å². The maximum atomic E-state index is 14.7. The van der Waals surface area contributed by atoms with Gasteiger partial charge < -0.3 is 10.6 Å². The second kappa shape index (κ2) is 8.88. The summed E-state index contributed by atoms with van der Waals surface area (Å²) in [5, 5.41) is 7.32. The molecule has 0 aliphatic heterocycles. The van der Waals surface area contributed by atoms with E-state index in [1.54, 1.807) is 25.1 Å². The Morgan fingerprint density at radius 1 is 1.46 bits per heavy atom. The third kappa shape index (κ3) is 5.00. The van der Waals surface area contributed by atoms with Crippen molar-refractivity contribution in [3.8, 4) is 0 Å². The molecule has 0 radical (unpaired) electrons. The first kappa shape index (κ1) is 20.6. The molecule has 1 aliphatic carbocycles. The van der Waals surface area contributed by atoms with Gasteiger partial charge in [-0.25, -0.2) is 4.39 Å². The van der Waals surface area contributed by atoms with Crippen LogP contribution in [-0.4, -0.2) is 33.5 Å². The molecule has 1 fully saturated rings. The lowest BCUT2D eigenvalue weighted by Crippen LogP contribution is -2.31. The monoisotopic (exact) mass is 404 g/mol. The molecule has 1 heterocycles. The van der Waals surface area contributed by atoms with Crippen molar-refractivity contribution in [3.63, 3.8) is 0 Å². The first-order valence-electron chi connectivity index (χ1n) is 9.54. The van der Waals surface area contributed by atoms with Crippen LogP contribution in [-0.2, 0) is 17.8 Å². The largest absolute Gasteiger partial charge is 0.365 e. The molecule has 150 valence electrons. The standard InChI is InChI=1S/C21H26ClFN4O/c1-13(24)20(28)9-16-6-7-17(18(23)8-16)12-27(11-15-4-3-5-15)14(2)19-10-21(22)26-25-19/h6-8,10,13,15H,2-5,9,11-12,24H2,1H3,(H,25,26). The lowest BCUT2D eigenvalue weighted by Gasteiger charge is -2.34. The third-order valence-corrected chi connectivity index (χ3v) is 5.49. The van der Waals surface area contributed by atoms with E-state index in [9.17, 15) is 9.18 Å². The van der Waals surface area contributed by atoms with Crippen LogP contribution in [0.25, 0.3) is 5.70 Å². The van der Waals surface area contributed by atoms with E-state index in [4.69, 9.17) is 17.3 Å². The van der Waals surface area contributed by atoms with Gasteiger partial charge in [0, 0.05) is 31.1 Å². The molecular formula is C21H26ClFN4O. The Morgan fingerprint density at radius 3 is 2.75 bits per heavy atom. The van der Waals surface area contributed by atoms with Crippen LogP contribution in [0.3, 0.4) is 0 Å². The summed E-state index contributed by atoms with van der Waals surface area (Å²) in [6.07, 6.45) is 3.72. The minimum absolute atomic E-state index is 0.109. The summed E-state index contributed by atoms with van der Waals surface area (Å²) >= 11 is 5.95. The molecule has 1 aliphatic rings. The number of nitrogens with one attached hydrogen (secondary N) is 1. The lowest BCUT2D eigenvalue weighted by atomic mass is 9.85. The highest BCUT2D eigenvalue weighted by Gasteiger charge is 2.24. The van der Waals surface area contributed by atoms with Gasteiger partial charge in [0.1, 0.15) is 16.7 Å². The Kier molecular flexibility index (Phi) is 6.52. The fourth-order valence-electron chi connectivity index (χ4n) is 3.26. The predicted octanol–water partition coefficient (Wildman–Crippen LogP) is 3.93. The molecule has 3 rings (SSSR count). The zero-order valence-corrected chi connectivity index (χ0v) is 16.8. The minimum atomic E-state index is -0.551.